The van der Waals surface area contributed by atoms with Gasteiger partial charge in [0.25, 0.3) is 0 Å². The van der Waals surface area contributed by atoms with Crippen LogP contribution in [0.5, 0.6) is 0 Å². The molecular weight excluding hydrogens is 392 g/mol. The molecule has 1 aromatic heterocycles. The van der Waals surface area contributed by atoms with Crippen LogP contribution in [0.25, 0.3) is 11.0 Å². The van der Waals surface area contributed by atoms with Crippen LogP contribution in [0.2, 0.25) is 0 Å². The molecule has 2 atom stereocenters. The van der Waals surface area contributed by atoms with Crippen molar-refractivity contribution in [3.8, 4) is 0 Å². The molecule has 0 spiro atoms. The highest BCUT2D eigenvalue weighted by Gasteiger charge is 2.20. The summed E-state index contributed by atoms with van der Waals surface area (Å²) in [6.45, 7) is 3.65. The van der Waals surface area contributed by atoms with Crippen molar-refractivity contribution in [2.24, 2.45) is 0 Å². The Hall–Kier alpha value is -2.02. The Morgan fingerprint density at radius 3 is 2.89 bits per heavy atom. The van der Waals surface area contributed by atoms with Gasteiger partial charge in [-0.05, 0) is 43.1 Å². The van der Waals surface area contributed by atoms with Gasteiger partial charge in [0.1, 0.15) is 5.82 Å². The monoisotopic (exact) mass is 416 g/mol. The van der Waals surface area contributed by atoms with Gasteiger partial charge in [0.05, 0.1) is 22.0 Å². The number of hydrogen-bond donors (Lipinski definition) is 3. The molecule has 0 radical (unpaired) electrons. The fourth-order valence-electron chi connectivity index (χ4n) is 3.49. The number of halogens is 1. The third kappa shape index (κ3) is 4.69. The molecule has 3 aromatic rings. The highest BCUT2D eigenvalue weighted by molar-refractivity contribution is 8.00. The number of hydrogen-bond acceptors (Lipinski definition) is 4. The average molecular weight is 417 g/mol. The number of nitrogens with one attached hydrogen (secondary N) is 3. The van der Waals surface area contributed by atoms with E-state index in [2.05, 4.69) is 51.8 Å². The summed E-state index contributed by atoms with van der Waals surface area (Å²) >= 11 is 1.60. The zero-order valence-corrected chi connectivity index (χ0v) is 17.4. The van der Waals surface area contributed by atoms with Crippen LogP contribution >= 0.6 is 24.2 Å². The van der Waals surface area contributed by atoms with Crippen LogP contribution in [0.4, 0.5) is 0 Å². The number of thioether (sulfide) groups is 1. The lowest BCUT2D eigenvalue weighted by molar-refractivity contribution is -0.118. The molecule has 148 valence electrons. The molecule has 0 saturated heterocycles. The SMILES string of the molecule is CC(SCC(=O)NCC1NCCc2ccccc21)c1nc2ccccc2[nH]1.Cl. The van der Waals surface area contributed by atoms with E-state index in [1.165, 1.54) is 11.1 Å². The lowest BCUT2D eigenvalue weighted by atomic mass is 9.94. The van der Waals surface area contributed by atoms with Gasteiger partial charge >= 0.3 is 0 Å². The maximum atomic E-state index is 12.3. The molecule has 7 heteroatoms. The van der Waals surface area contributed by atoms with E-state index in [1.807, 2.05) is 24.3 Å². The Labute approximate surface area is 175 Å². The minimum absolute atomic E-state index is 0. The van der Waals surface area contributed by atoms with Crippen LogP contribution in [0, 0.1) is 0 Å². The highest BCUT2D eigenvalue weighted by atomic mass is 35.5. The number of fused-ring (bicyclic) bond motifs is 2. The second-order valence-electron chi connectivity index (χ2n) is 6.85. The van der Waals surface area contributed by atoms with Crippen LogP contribution in [0.3, 0.4) is 0 Å². The Balaban J connectivity index is 0.00000225. The molecule has 5 nitrogen and oxygen atoms in total. The van der Waals surface area contributed by atoms with Crippen molar-refractivity contribution in [2.45, 2.75) is 24.6 Å². The third-order valence-electron chi connectivity index (χ3n) is 4.98. The molecule has 2 aromatic carbocycles. The van der Waals surface area contributed by atoms with Crippen LogP contribution in [0.1, 0.15) is 35.2 Å². The fraction of sp³-hybridized carbons (Fsp3) is 0.333. The number of H-pyrrole nitrogens is 1. The zero-order valence-electron chi connectivity index (χ0n) is 15.8. The summed E-state index contributed by atoms with van der Waals surface area (Å²) in [5, 5.41) is 6.71. The van der Waals surface area contributed by atoms with E-state index >= 15 is 0 Å². The second kappa shape index (κ2) is 9.45. The first-order chi connectivity index (χ1) is 13.2. The number of carbonyl (C=O) groups excluding carboxylic acids is 1. The number of benzene rings is 2. The summed E-state index contributed by atoms with van der Waals surface area (Å²) in [6.07, 6.45) is 1.05. The maximum absolute atomic E-state index is 12.3. The average Bonchev–Trinajstić information content (AvgIpc) is 3.15. The van der Waals surface area contributed by atoms with Crippen molar-refractivity contribution in [2.75, 3.05) is 18.8 Å². The number of aromatic amines is 1. The largest absolute Gasteiger partial charge is 0.353 e. The minimum Gasteiger partial charge on any atom is -0.353 e. The van der Waals surface area contributed by atoms with E-state index in [0.717, 1.165) is 29.8 Å². The summed E-state index contributed by atoms with van der Waals surface area (Å²) < 4.78 is 0. The Morgan fingerprint density at radius 2 is 2.04 bits per heavy atom. The molecule has 2 unspecified atom stereocenters. The highest BCUT2D eigenvalue weighted by Crippen LogP contribution is 2.27. The van der Waals surface area contributed by atoms with Crippen molar-refractivity contribution < 1.29 is 4.79 Å². The van der Waals surface area contributed by atoms with Gasteiger partial charge in [0.15, 0.2) is 0 Å². The van der Waals surface area contributed by atoms with Gasteiger partial charge in [-0.1, -0.05) is 36.4 Å². The van der Waals surface area contributed by atoms with E-state index in [-0.39, 0.29) is 29.6 Å². The van der Waals surface area contributed by atoms with Crippen molar-refractivity contribution in [3.05, 3.63) is 65.5 Å². The summed E-state index contributed by atoms with van der Waals surface area (Å²) in [6, 6.07) is 16.6. The third-order valence-corrected chi connectivity index (χ3v) is 6.13. The van der Waals surface area contributed by atoms with E-state index in [1.54, 1.807) is 11.8 Å². The predicted molar refractivity (Wildman–Crippen MR) is 118 cm³/mol. The minimum atomic E-state index is 0. The Morgan fingerprint density at radius 1 is 1.25 bits per heavy atom. The van der Waals surface area contributed by atoms with Gasteiger partial charge in [-0.2, -0.15) is 0 Å². The molecule has 2 heterocycles. The first-order valence-electron chi connectivity index (χ1n) is 9.35. The van der Waals surface area contributed by atoms with Crippen LogP contribution < -0.4 is 10.6 Å². The summed E-state index contributed by atoms with van der Waals surface area (Å²) in [5.74, 6) is 1.40. The van der Waals surface area contributed by atoms with E-state index in [9.17, 15) is 4.79 Å². The molecule has 1 aliphatic heterocycles. The van der Waals surface area contributed by atoms with E-state index < -0.39 is 0 Å². The molecular formula is C21H25ClN4OS. The molecule has 0 saturated carbocycles. The lowest BCUT2D eigenvalue weighted by Gasteiger charge is -2.27. The first kappa shape index (κ1) is 20.7. The van der Waals surface area contributed by atoms with E-state index in [4.69, 9.17) is 0 Å². The number of carbonyl (C=O) groups is 1. The number of imidazole rings is 1. The Bertz CT molecular complexity index is 912. The quantitative estimate of drug-likeness (QED) is 0.572. The van der Waals surface area contributed by atoms with Crippen LogP contribution in [-0.4, -0.2) is 34.7 Å². The number of para-hydroxylation sites is 2. The van der Waals surface area contributed by atoms with Crippen molar-refractivity contribution >= 4 is 41.1 Å². The van der Waals surface area contributed by atoms with Crippen LogP contribution in [0.15, 0.2) is 48.5 Å². The molecule has 0 bridgehead atoms. The number of aromatic nitrogens is 2. The summed E-state index contributed by atoms with van der Waals surface area (Å²) in [5.41, 5.74) is 4.67. The maximum Gasteiger partial charge on any atom is 0.230 e. The Kier molecular flexibility index (Phi) is 6.99. The molecule has 28 heavy (non-hydrogen) atoms. The smallest absolute Gasteiger partial charge is 0.230 e. The van der Waals surface area contributed by atoms with Crippen LogP contribution in [-0.2, 0) is 11.2 Å². The molecule has 1 aliphatic rings. The van der Waals surface area contributed by atoms with Gasteiger partial charge in [-0.25, -0.2) is 4.98 Å². The van der Waals surface area contributed by atoms with Crippen molar-refractivity contribution in [3.63, 3.8) is 0 Å². The fourth-order valence-corrected chi connectivity index (χ4v) is 4.26. The topological polar surface area (TPSA) is 69.8 Å². The number of amides is 1. The summed E-state index contributed by atoms with van der Waals surface area (Å²) in [7, 11) is 0. The summed E-state index contributed by atoms with van der Waals surface area (Å²) in [4.78, 5) is 20.3. The van der Waals surface area contributed by atoms with Gasteiger partial charge in [-0.3, -0.25) is 4.79 Å². The van der Waals surface area contributed by atoms with Gasteiger partial charge in [0, 0.05) is 12.6 Å². The van der Waals surface area contributed by atoms with Gasteiger partial charge in [-0.15, -0.1) is 24.2 Å². The number of rotatable bonds is 6. The molecule has 4 rings (SSSR count). The normalized spacial score (nSPS) is 16.8. The van der Waals surface area contributed by atoms with Crippen molar-refractivity contribution in [1.29, 1.82) is 0 Å². The zero-order chi connectivity index (χ0) is 18.6. The van der Waals surface area contributed by atoms with Crippen molar-refractivity contribution in [1.82, 2.24) is 20.6 Å². The molecule has 3 N–H and O–H groups in total. The number of nitrogens with zero attached hydrogens (tertiary/aromatic N) is 1. The molecule has 0 fully saturated rings. The van der Waals surface area contributed by atoms with E-state index in [0.29, 0.717) is 12.3 Å². The second-order valence-corrected chi connectivity index (χ2v) is 8.18. The van der Waals surface area contributed by atoms with Gasteiger partial charge in [0.2, 0.25) is 5.91 Å². The van der Waals surface area contributed by atoms with Gasteiger partial charge < -0.3 is 15.6 Å². The lowest BCUT2D eigenvalue weighted by Crippen LogP contribution is -2.39. The predicted octanol–water partition coefficient (Wildman–Crippen LogP) is 3.78. The first-order valence-corrected chi connectivity index (χ1v) is 10.4. The standard InChI is InChI=1S/C21H24N4OS.ClH/c1-14(21-24-17-8-4-5-9-18(17)25-21)27-13-20(26)23-12-19-16-7-3-2-6-15(16)10-11-22-19;/h2-9,14,19,22H,10-13H2,1H3,(H,23,26)(H,24,25);1H. The molecule has 1 amide bonds. The molecule has 0 aliphatic carbocycles.